The Kier molecular flexibility index (Phi) is 6.24. The van der Waals surface area contributed by atoms with Crippen molar-refractivity contribution in [1.29, 1.82) is 0 Å². The van der Waals surface area contributed by atoms with Crippen LogP contribution in [-0.4, -0.2) is 16.9 Å². The number of ether oxygens (including phenoxy) is 1. The van der Waals surface area contributed by atoms with Gasteiger partial charge < -0.3 is 9.84 Å². The second kappa shape index (κ2) is 9.41. The van der Waals surface area contributed by atoms with Crippen molar-refractivity contribution in [2.24, 2.45) is 0 Å². The number of hydrogen-bond donors (Lipinski definition) is 1. The zero-order chi connectivity index (χ0) is 22.4. The summed E-state index contributed by atoms with van der Waals surface area (Å²) in [6.07, 6.45) is -1.20. The van der Waals surface area contributed by atoms with Crippen molar-refractivity contribution < 1.29 is 19.4 Å². The van der Waals surface area contributed by atoms with E-state index in [1.165, 1.54) is 0 Å². The number of ketones is 1. The Morgan fingerprint density at radius 2 is 1.03 bits per heavy atom. The Bertz CT molecular complexity index is 1130. The summed E-state index contributed by atoms with van der Waals surface area (Å²) in [5, 5.41) is 11.7. The van der Waals surface area contributed by atoms with E-state index in [1.807, 2.05) is 12.1 Å². The van der Waals surface area contributed by atoms with Crippen LogP contribution in [0.1, 0.15) is 33.2 Å². The van der Waals surface area contributed by atoms with Gasteiger partial charge in [-0.15, -0.1) is 0 Å². The zero-order valence-corrected chi connectivity index (χ0v) is 17.3. The van der Waals surface area contributed by atoms with Crippen LogP contribution in [-0.2, 0) is 15.1 Å². The van der Waals surface area contributed by atoms with Gasteiger partial charge in [0.15, 0.2) is 6.10 Å². The molecule has 0 aliphatic carbocycles. The van der Waals surface area contributed by atoms with E-state index in [0.717, 1.165) is 0 Å². The minimum Gasteiger partial charge on any atom is -0.446 e. The molecule has 158 valence electrons. The molecule has 1 atom stereocenters. The van der Waals surface area contributed by atoms with Crippen LogP contribution in [0, 0.1) is 0 Å². The van der Waals surface area contributed by atoms with E-state index in [0.29, 0.717) is 22.3 Å². The van der Waals surface area contributed by atoms with Crippen LogP contribution in [0.5, 0.6) is 0 Å². The Balaban J connectivity index is 1.76. The largest absolute Gasteiger partial charge is 0.446 e. The Morgan fingerprint density at radius 1 is 0.625 bits per heavy atom. The van der Waals surface area contributed by atoms with Gasteiger partial charge in [0.25, 0.3) is 0 Å². The molecule has 0 aromatic heterocycles. The molecule has 0 fully saturated rings. The van der Waals surface area contributed by atoms with Gasteiger partial charge in [0, 0.05) is 11.1 Å². The molecule has 0 saturated heterocycles. The van der Waals surface area contributed by atoms with Crippen LogP contribution < -0.4 is 0 Å². The minimum absolute atomic E-state index is 0.357. The second-order valence-corrected chi connectivity index (χ2v) is 7.37. The van der Waals surface area contributed by atoms with Gasteiger partial charge in [-0.05, 0) is 11.1 Å². The molecule has 1 N–H and O–H groups in total. The van der Waals surface area contributed by atoms with Gasteiger partial charge in [0.05, 0.1) is 0 Å². The van der Waals surface area contributed by atoms with Gasteiger partial charge in [0.2, 0.25) is 11.4 Å². The first-order valence-electron chi connectivity index (χ1n) is 10.3. The molecule has 4 aromatic carbocycles. The SMILES string of the molecule is O=C(c1ccccc1)C(OC(=O)C(O)(c1ccccc1)c1ccccc1)c1ccccc1. The van der Waals surface area contributed by atoms with Gasteiger partial charge in [0.1, 0.15) is 0 Å². The summed E-state index contributed by atoms with van der Waals surface area (Å²) in [7, 11) is 0. The number of hydrogen-bond acceptors (Lipinski definition) is 4. The molecule has 0 aliphatic rings. The van der Waals surface area contributed by atoms with E-state index in [2.05, 4.69) is 0 Å². The van der Waals surface area contributed by atoms with E-state index in [1.54, 1.807) is 109 Å². The first kappa shape index (κ1) is 21.2. The number of Topliss-reactive ketones (excluding diaryl/α,β-unsaturated/α-hetero) is 1. The van der Waals surface area contributed by atoms with Crippen molar-refractivity contribution in [2.75, 3.05) is 0 Å². The maximum Gasteiger partial charge on any atom is 0.348 e. The highest BCUT2D eigenvalue weighted by Crippen LogP contribution is 2.34. The minimum atomic E-state index is -2.08. The lowest BCUT2D eigenvalue weighted by Crippen LogP contribution is -2.40. The monoisotopic (exact) mass is 422 g/mol. The number of carbonyl (C=O) groups is 2. The molecule has 0 saturated carbocycles. The van der Waals surface area contributed by atoms with Crippen LogP contribution in [0.4, 0.5) is 0 Å². The molecule has 0 spiro atoms. The summed E-state index contributed by atoms with van der Waals surface area (Å²) in [6.45, 7) is 0. The summed E-state index contributed by atoms with van der Waals surface area (Å²) in [4.78, 5) is 26.9. The fraction of sp³-hybridized carbons (Fsp3) is 0.0714. The summed E-state index contributed by atoms with van der Waals surface area (Å²) < 4.78 is 5.79. The van der Waals surface area contributed by atoms with E-state index in [-0.39, 0.29) is 5.78 Å². The summed E-state index contributed by atoms with van der Waals surface area (Å²) >= 11 is 0. The Morgan fingerprint density at radius 3 is 1.50 bits per heavy atom. The van der Waals surface area contributed by atoms with Crippen LogP contribution in [0.2, 0.25) is 0 Å². The lowest BCUT2D eigenvalue weighted by Gasteiger charge is -2.29. The van der Waals surface area contributed by atoms with Crippen LogP contribution in [0.3, 0.4) is 0 Å². The molecule has 1 unspecified atom stereocenters. The van der Waals surface area contributed by atoms with Gasteiger partial charge >= 0.3 is 5.97 Å². The summed E-state index contributed by atoms with van der Waals surface area (Å²) in [5.74, 6) is -1.29. The summed E-state index contributed by atoms with van der Waals surface area (Å²) in [5.41, 5.74) is -0.424. The topological polar surface area (TPSA) is 63.6 Å². The molecule has 0 aliphatic heterocycles. The van der Waals surface area contributed by atoms with Crippen molar-refractivity contribution in [3.05, 3.63) is 144 Å². The normalized spacial score (nSPS) is 12.0. The highest BCUT2D eigenvalue weighted by molar-refractivity contribution is 6.01. The van der Waals surface area contributed by atoms with Crippen molar-refractivity contribution in [3.8, 4) is 0 Å². The third kappa shape index (κ3) is 4.22. The van der Waals surface area contributed by atoms with Crippen LogP contribution >= 0.6 is 0 Å². The number of aliphatic hydroxyl groups is 1. The molecular weight excluding hydrogens is 400 g/mol. The van der Waals surface area contributed by atoms with Crippen molar-refractivity contribution in [2.45, 2.75) is 11.7 Å². The van der Waals surface area contributed by atoms with Crippen LogP contribution in [0.15, 0.2) is 121 Å². The third-order valence-electron chi connectivity index (χ3n) is 5.30. The van der Waals surface area contributed by atoms with Gasteiger partial charge in [-0.1, -0.05) is 121 Å². The fourth-order valence-electron chi connectivity index (χ4n) is 3.61. The molecule has 4 nitrogen and oxygen atoms in total. The van der Waals surface area contributed by atoms with Crippen LogP contribution in [0.25, 0.3) is 0 Å². The molecule has 4 heteroatoms. The number of benzene rings is 4. The maximum atomic E-state index is 13.6. The van der Waals surface area contributed by atoms with E-state index < -0.39 is 17.7 Å². The number of esters is 1. The van der Waals surface area contributed by atoms with Crippen molar-refractivity contribution >= 4 is 11.8 Å². The predicted molar refractivity (Wildman–Crippen MR) is 122 cm³/mol. The lowest BCUT2D eigenvalue weighted by atomic mass is 9.86. The maximum absolute atomic E-state index is 13.6. The second-order valence-electron chi connectivity index (χ2n) is 7.37. The summed E-state index contributed by atoms with van der Waals surface area (Å²) in [6, 6.07) is 34.6. The molecule has 4 rings (SSSR count). The molecule has 0 amide bonds. The average Bonchev–Trinajstić information content (AvgIpc) is 2.88. The molecular formula is C28H22O4. The van der Waals surface area contributed by atoms with Gasteiger partial charge in [-0.3, -0.25) is 4.79 Å². The fourth-order valence-corrected chi connectivity index (χ4v) is 3.61. The quantitative estimate of drug-likeness (QED) is 0.333. The van der Waals surface area contributed by atoms with E-state index in [4.69, 9.17) is 4.74 Å². The van der Waals surface area contributed by atoms with E-state index >= 15 is 0 Å². The van der Waals surface area contributed by atoms with Gasteiger partial charge in [-0.25, -0.2) is 4.79 Å². The number of rotatable bonds is 7. The third-order valence-corrected chi connectivity index (χ3v) is 5.30. The van der Waals surface area contributed by atoms with Gasteiger partial charge in [-0.2, -0.15) is 0 Å². The molecule has 0 heterocycles. The molecule has 0 bridgehead atoms. The Hall–Kier alpha value is -4.02. The highest BCUT2D eigenvalue weighted by atomic mass is 16.6. The number of carbonyl (C=O) groups excluding carboxylic acids is 2. The standard InChI is InChI=1S/C28H22O4/c29-25(21-13-5-1-6-14-21)26(22-15-7-2-8-16-22)32-27(30)28(31,23-17-9-3-10-18-23)24-19-11-4-12-20-24/h1-20,26,31H. The highest BCUT2D eigenvalue weighted by Gasteiger charge is 2.43. The predicted octanol–water partition coefficient (Wildman–Crippen LogP) is 5.09. The van der Waals surface area contributed by atoms with E-state index in [9.17, 15) is 14.7 Å². The zero-order valence-electron chi connectivity index (χ0n) is 17.3. The average molecular weight is 422 g/mol. The molecule has 0 radical (unpaired) electrons. The first-order chi connectivity index (χ1) is 15.6. The lowest BCUT2D eigenvalue weighted by molar-refractivity contribution is -0.166. The first-order valence-corrected chi connectivity index (χ1v) is 10.3. The van der Waals surface area contributed by atoms with Crippen molar-refractivity contribution in [1.82, 2.24) is 0 Å². The Labute approximate surface area is 186 Å². The van der Waals surface area contributed by atoms with Crippen molar-refractivity contribution in [3.63, 3.8) is 0 Å². The molecule has 4 aromatic rings. The molecule has 32 heavy (non-hydrogen) atoms. The smallest absolute Gasteiger partial charge is 0.348 e.